The van der Waals surface area contributed by atoms with Gasteiger partial charge in [0.25, 0.3) is 0 Å². The minimum absolute atomic E-state index is 0.680. The van der Waals surface area contributed by atoms with Crippen LogP contribution in [0.2, 0.25) is 0 Å². The van der Waals surface area contributed by atoms with E-state index in [1.165, 1.54) is 0 Å². The van der Waals surface area contributed by atoms with Crippen LogP contribution in [0.25, 0.3) is 0 Å². The Labute approximate surface area is 113 Å². The van der Waals surface area contributed by atoms with Crippen molar-refractivity contribution in [3.05, 3.63) is 53.7 Å². The van der Waals surface area contributed by atoms with Gasteiger partial charge in [0.05, 0.1) is 11.3 Å². The second-order valence-corrected chi connectivity index (χ2v) is 4.25. The van der Waals surface area contributed by atoms with Gasteiger partial charge >= 0.3 is 0 Å². The molecule has 0 atom stereocenters. The minimum atomic E-state index is 0.680. The molecular formula is C15H16N4. The second kappa shape index (κ2) is 5.87. The van der Waals surface area contributed by atoms with Crippen molar-refractivity contribution in [2.45, 2.75) is 6.54 Å². The van der Waals surface area contributed by atoms with Crippen LogP contribution >= 0.6 is 0 Å². The molecule has 0 aliphatic carbocycles. The third kappa shape index (κ3) is 2.83. The SMILES string of the molecule is CNc1ncccc1CN(C)c1ccccc1C#N. The summed E-state index contributed by atoms with van der Waals surface area (Å²) in [5, 5.41) is 12.2. The summed E-state index contributed by atoms with van der Waals surface area (Å²) in [6.45, 7) is 0.697. The van der Waals surface area contributed by atoms with Crippen molar-refractivity contribution in [1.29, 1.82) is 5.26 Å². The molecule has 1 aromatic carbocycles. The maximum absolute atomic E-state index is 9.13. The minimum Gasteiger partial charge on any atom is -0.373 e. The number of benzene rings is 1. The standard InChI is InChI=1S/C15H16N4/c1-17-15-13(7-5-9-18-15)11-19(2)14-8-4-3-6-12(14)10-16/h3-9H,11H2,1-2H3,(H,17,18). The molecule has 0 aliphatic rings. The summed E-state index contributed by atoms with van der Waals surface area (Å²) in [7, 11) is 3.83. The van der Waals surface area contributed by atoms with Gasteiger partial charge in [0.1, 0.15) is 11.9 Å². The lowest BCUT2D eigenvalue weighted by molar-refractivity contribution is 0.914. The van der Waals surface area contributed by atoms with Gasteiger partial charge in [-0.05, 0) is 18.2 Å². The first-order chi connectivity index (χ1) is 9.26. The van der Waals surface area contributed by atoms with Crippen LogP contribution in [-0.4, -0.2) is 19.1 Å². The molecular weight excluding hydrogens is 236 g/mol. The van der Waals surface area contributed by atoms with Gasteiger partial charge < -0.3 is 10.2 Å². The van der Waals surface area contributed by atoms with Gasteiger partial charge in [-0.3, -0.25) is 0 Å². The summed E-state index contributed by atoms with van der Waals surface area (Å²) < 4.78 is 0. The summed E-state index contributed by atoms with van der Waals surface area (Å²) in [6.07, 6.45) is 1.76. The topological polar surface area (TPSA) is 52.0 Å². The van der Waals surface area contributed by atoms with Gasteiger partial charge in [-0.15, -0.1) is 0 Å². The predicted molar refractivity (Wildman–Crippen MR) is 77.0 cm³/mol. The maximum atomic E-state index is 9.13. The van der Waals surface area contributed by atoms with Crippen LogP contribution in [0.5, 0.6) is 0 Å². The summed E-state index contributed by atoms with van der Waals surface area (Å²) >= 11 is 0. The molecule has 0 radical (unpaired) electrons. The Bertz CT molecular complexity index is 601. The van der Waals surface area contributed by atoms with E-state index >= 15 is 0 Å². The highest BCUT2D eigenvalue weighted by Gasteiger charge is 2.09. The van der Waals surface area contributed by atoms with Gasteiger partial charge in [0.15, 0.2) is 0 Å². The maximum Gasteiger partial charge on any atom is 0.130 e. The van der Waals surface area contributed by atoms with Gasteiger partial charge in [0, 0.05) is 32.4 Å². The Hall–Kier alpha value is -2.54. The monoisotopic (exact) mass is 252 g/mol. The van der Waals surface area contributed by atoms with Crippen LogP contribution in [0.3, 0.4) is 0 Å². The molecule has 0 aliphatic heterocycles. The molecule has 0 fully saturated rings. The first-order valence-electron chi connectivity index (χ1n) is 6.08. The normalized spacial score (nSPS) is 9.74. The average Bonchev–Trinajstić information content (AvgIpc) is 2.47. The van der Waals surface area contributed by atoms with E-state index in [1.54, 1.807) is 6.20 Å². The molecule has 2 rings (SSSR count). The Balaban J connectivity index is 2.26. The molecule has 1 N–H and O–H groups in total. The number of hydrogen-bond acceptors (Lipinski definition) is 4. The summed E-state index contributed by atoms with van der Waals surface area (Å²) in [4.78, 5) is 6.34. The molecule has 19 heavy (non-hydrogen) atoms. The van der Waals surface area contributed by atoms with Crippen molar-refractivity contribution in [2.24, 2.45) is 0 Å². The van der Waals surface area contributed by atoms with E-state index in [2.05, 4.69) is 21.3 Å². The van der Waals surface area contributed by atoms with E-state index in [0.29, 0.717) is 12.1 Å². The van der Waals surface area contributed by atoms with E-state index < -0.39 is 0 Å². The van der Waals surface area contributed by atoms with Gasteiger partial charge in [-0.2, -0.15) is 5.26 Å². The predicted octanol–water partition coefficient (Wildman–Crippen LogP) is 2.63. The van der Waals surface area contributed by atoms with Crippen LogP contribution in [0.15, 0.2) is 42.6 Å². The number of nitriles is 1. The summed E-state index contributed by atoms with van der Waals surface area (Å²) in [5.74, 6) is 0.865. The molecule has 96 valence electrons. The van der Waals surface area contributed by atoms with Crippen molar-refractivity contribution < 1.29 is 0 Å². The largest absolute Gasteiger partial charge is 0.373 e. The van der Waals surface area contributed by atoms with Crippen molar-refractivity contribution in [3.63, 3.8) is 0 Å². The lowest BCUT2D eigenvalue weighted by atomic mass is 10.1. The lowest BCUT2D eigenvalue weighted by Gasteiger charge is -2.21. The Morgan fingerprint density at radius 3 is 2.79 bits per heavy atom. The van der Waals surface area contributed by atoms with Crippen LogP contribution in [0, 0.1) is 11.3 Å². The Morgan fingerprint density at radius 1 is 1.26 bits per heavy atom. The van der Waals surface area contributed by atoms with Crippen molar-refractivity contribution in [1.82, 2.24) is 4.98 Å². The second-order valence-electron chi connectivity index (χ2n) is 4.25. The van der Waals surface area contributed by atoms with E-state index in [1.807, 2.05) is 50.5 Å². The van der Waals surface area contributed by atoms with E-state index in [-0.39, 0.29) is 0 Å². The molecule has 0 saturated carbocycles. The number of nitrogens with zero attached hydrogens (tertiary/aromatic N) is 3. The average molecular weight is 252 g/mol. The zero-order chi connectivity index (χ0) is 13.7. The molecule has 2 aromatic rings. The van der Waals surface area contributed by atoms with Crippen molar-refractivity contribution in [2.75, 3.05) is 24.3 Å². The number of nitrogens with one attached hydrogen (secondary N) is 1. The number of hydrogen-bond donors (Lipinski definition) is 1. The van der Waals surface area contributed by atoms with Crippen molar-refractivity contribution in [3.8, 4) is 6.07 Å². The molecule has 4 heteroatoms. The number of pyridine rings is 1. The van der Waals surface area contributed by atoms with Crippen molar-refractivity contribution >= 4 is 11.5 Å². The third-order valence-electron chi connectivity index (χ3n) is 2.97. The zero-order valence-corrected chi connectivity index (χ0v) is 11.1. The lowest BCUT2D eigenvalue weighted by Crippen LogP contribution is -2.18. The quantitative estimate of drug-likeness (QED) is 0.908. The molecule has 0 unspecified atom stereocenters. The molecule has 1 heterocycles. The highest BCUT2D eigenvalue weighted by atomic mass is 15.1. The van der Waals surface area contributed by atoms with E-state index in [9.17, 15) is 0 Å². The van der Waals surface area contributed by atoms with Gasteiger partial charge in [-0.25, -0.2) is 4.98 Å². The fourth-order valence-corrected chi connectivity index (χ4v) is 2.03. The fraction of sp³-hybridized carbons (Fsp3) is 0.200. The number of anilines is 2. The molecule has 1 aromatic heterocycles. The summed E-state index contributed by atoms with van der Waals surface area (Å²) in [6, 6.07) is 13.8. The molecule has 4 nitrogen and oxygen atoms in total. The smallest absolute Gasteiger partial charge is 0.130 e. The molecule has 0 bridgehead atoms. The Kier molecular flexibility index (Phi) is 3.99. The third-order valence-corrected chi connectivity index (χ3v) is 2.97. The number of para-hydroxylation sites is 1. The van der Waals surface area contributed by atoms with Crippen LogP contribution in [-0.2, 0) is 6.54 Å². The van der Waals surface area contributed by atoms with E-state index in [0.717, 1.165) is 17.1 Å². The van der Waals surface area contributed by atoms with Crippen LogP contribution < -0.4 is 10.2 Å². The number of rotatable bonds is 4. The molecule has 0 saturated heterocycles. The highest BCUT2D eigenvalue weighted by Crippen LogP contribution is 2.21. The Morgan fingerprint density at radius 2 is 2.05 bits per heavy atom. The highest BCUT2D eigenvalue weighted by molar-refractivity contribution is 5.59. The fourth-order valence-electron chi connectivity index (χ4n) is 2.03. The van der Waals surface area contributed by atoms with Gasteiger partial charge in [0.2, 0.25) is 0 Å². The first kappa shape index (κ1) is 12.9. The first-order valence-corrected chi connectivity index (χ1v) is 6.08. The molecule has 0 spiro atoms. The van der Waals surface area contributed by atoms with Crippen LogP contribution in [0.1, 0.15) is 11.1 Å². The molecule has 0 amide bonds. The summed E-state index contributed by atoms with van der Waals surface area (Å²) in [5.41, 5.74) is 2.70. The van der Waals surface area contributed by atoms with Crippen LogP contribution in [0.4, 0.5) is 11.5 Å². The zero-order valence-electron chi connectivity index (χ0n) is 11.1. The van der Waals surface area contributed by atoms with E-state index in [4.69, 9.17) is 5.26 Å². The van der Waals surface area contributed by atoms with Gasteiger partial charge in [-0.1, -0.05) is 18.2 Å². The number of aromatic nitrogens is 1.